The maximum Gasteiger partial charge on any atom is 0.193 e. The third-order valence-electron chi connectivity index (χ3n) is 3.94. The maximum atomic E-state index is 4.82. The molecular weight excluding hydrogens is 387 g/mol. The topological polar surface area (TPSA) is 30.9 Å². The minimum Gasteiger partial charge on any atom is -0.357 e. The highest BCUT2D eigenvalue weighted by atomic mass is 127. The molecule has 0 radical (unpaired) electrons. The molecule has 0 amide bonds. The number of guanidine groups is 1. The van der Waals surface area contributed by atoms with Gasteiger partial charge in [0.2, 0.25) is 0 Å². The Hall–Kier alpha value is -0.820. The van der Waals surface area contributed by atoms with Gasteiger partial charge in [0.25, 0.3) is 0 Å². The largest absolute Gasteiger partial charge is 0.357 e. The van der Waals surface area contributed by atoms with E-state index in [0.29, 0.717) is 6.04 Å². The second kappa shape index (κ2) is 10.0. The number of hydrogen-bond acceptors (Lipinski definition) is 2. The van der Waals surface area contributed by atoms with Crippen molar-refractivity contribution in [2.24, 2.45) is 4.99 Å². The summed E-state index contributed by atoms with van der Waals surface area (Å²) >= 11 is 0. The lowest BCUT2D eigenvalue weighted by molar-refractivity contribution is 0.251. The van der Waals surface area contributed by atoms with Gasteiger partial charge in [0.15, 0.2) is 5.96 Å². The van der Waals surface area contributed by atoms with Crippen molar-refractivity contribution >= 4 is 29.9 Å². The zero-order valence-electron chi connectivity index (χ0n) is 14.0. The highest BCUT2D eigenvalue weighted by Crippen LogP contribution is 2.25. The molecule has 5 heteroatoms. The lowest BCUT2D eigenvalue weighted by Gasteiger charge is -2.27. The minimum atomic E-state index is 0. The number of halogens is 1. The molecule has 0 aliphatic carbocycles. The van der Waals surface area contributed by atoms with Crippen molar-refractivity contribution in [2.75, 3.05) is 40.3 Å². The van der Waals surface area contributed by atoms with Crippen LogP contribution in [0.2, 0.25) is 0 Å². The van der Waals surface area contributed by atoms with Gasteiger partial charge in [-0.3, -0.25) is 9.89 Å². The van der Waals surface area contributed by atoms with Gasteiger partial charge in [0.1, 0.15) is 0 Å². The van der Waals surface area contributed by atoms with Crippen LogP contribution in [0.3, 0.4) is 0 Å². The summed E-state index contributed by atoms with van der Waals surface area (Å²) in [5.41, 5.74) is 1.37. The lowest BCUT2D eigenvalue weighted by Crippen LogP contribution is -2.37. The minimum absolute atomic E-state index is 0. The van der Waals surface area contributed by atoms with E-state index in [1.165, 1.54) is 31.5 Å². The fourth-order valence-electron chi connectivity index (χ4n) is 2.85. The zero-order chi connectivity index (χ0) is 15.1. The van der Waals surface area contributed by atoms with Crippen molar-refractivity contribution in [3.63, 3.8) is 0 Å². The van der Waals surface area contributed by atoms with Crippen LogP contribution in [0.5, 0.6) is 0 Å². The molecule has 124 valence electrons. The van der Waals surface area contributed by atoms with Gasteiger partial charge >= 0.3 is 0 Å². The molecule has 4 nitrogen and oxygen atoms in total. The molecule has 1 N–H and O–H groups in total. The van der Waals surface area contributed by atoms with Gasteiger partial charge in [-0.05, 0) is 38.4 Å². The van der Waals surface area contributed by atoms with E-state index in [1.54, 1.807) is 0 Å². The Morgan fingerprint density at radius 1 is 1.23 bits per heavy atom. The molecule has 2 rings (SSSR count). The smallest absolute Gasteiger partial charge is 0.193 e. The van der Waals surface area contributed by atoms with Crippen molar-refractivity contribution in [3.8, 4) is 0 Å². The summed E-state index contributed by atoms with van der Waals surface area (Å²) in [5, 5.41) is 3.34. The first kappa shape index (κ1) is 19.2. The predicted octanol–water partition coefficient (Wildman–Crippen LogP) is 2.97. The summed E-state index contributed by atoms with van der Waals surface area (Å²) in [6.45, 7) is 6.19. The van der Waals surface area contributed by atoms with Crippen LogP contribution in [-0.4, -0.2) is 56.0 Å². The van der Waals surface area contributed by atoms with Crippen molar-refractivity contribution in [2.45, 2.75) is 25.8 Å². The molecule has 1 aromatic carbocycles. The third-order valence-corrected chi connectivity index (χ3v) is 3.94. The van der Waals surface area contributed by atoms with Crippen LogP contribution in [0.1, 0.15) is 31.4 Å². The number of nitrogens with one attached hydrogen (secondary N) is 1. The van der Waals surface area contributed by atoms with E-state index in [4.69, 9.17) is 4.99 Å². The first-order valence-electron chi connectivity index (χ1n) is 7.97. The second-order valence-electron chi connectivity index (χ2n) is 5.76. The molecule has 1 aliphatic rings. The molecule has 1 aliphatic heterocycles. The number of nitrogens with zero attached hydrogens (tertiary/aromatic N) is 3. The highest BCUT2D eigenvalue weighted by molar-refractivity contribution is 14.0. The van der Waals surface area contributed by atoms with Crippen molar-refractivity contribution < 1.29 is 0 Å². The maximum absolute atomic E-state index is 4.82. The molecule has 1 unspecified atom stereocenters. The van der Waals surface area contributed by atoms with E-state index in [0.717, 1.165) is 19.0 Å². The highest BCUT2D eigenvalue weighted by Gasteiger charge is 2.23. The molecule has 1 fully saturated rings. The number of aliphatic imine (C=N–C) groups is 1. The summed E-state index contributed by atoms with van der Waals surface area (Å²) in [5.74, 6) is 0.970. The van der Waals surface area contributed by atoms with Crippen LogP contribution in [0.25, 0.3) is 0 Å². The molecule has 1 aromatic rings. The molecule has 0 saturated carbocycles. The molecule has 22 heavy (non-hydrogen) atoms. The predicted molar refractivity (Wildman–Crippen MR) is 105 cm³/mol. The van der Waals surface area contributed by atoms with E-state index in [2.05, 4.69) is 52.4 Å². The molecular formula is C17H29IN4. The summed E-state index contributed by atoms with van der Waals surface area (Å²) in [7, 11) is 4.07. The monoisotopic (exact) mass is 416 g/mol. The zero-order valence-corrected chi connectivity index (χ0v) is 16.3. The first-order chi connectivity index (χ1) is 10.2. The fourth-order valence-corrected chi connectivity index (χ4v) is 2.85. The molecule has 1 saturated heterocycles. The van der Waals surface area contributed by atoms with Crippen molar-refractivity contribution in [1.82, 2.24) is 15.1 Å². The third kappa shape index (κ3) is 5.43. The van der Waals surface area contributed by atoms with E-state index < -0.39 is 0 Å². The van der Waals surface area contributed by atoms with Gasteiger partial charge in [0, 0.05) is 20.6 Å². The Morgan fingerprint density at radius 3 is 2.41 bits per heavy atom. The van der Waals surface area contributed by atoms with Crippen molar-refractivity contribution in [3.05, 3.63) is 35.9 Å². The van der Waals surface area contributed by atoms with Crippen LogP contribution in [0.15, 0.2) is 35.3 Å². The molecule has 1 atom stereocenters. The van der Waals surface area contributed by atoms with Crippen LogP contribution in [0, 0.1) is 0 Å². The van der Waals surface area contributed by atoms with Gasteiger partial charge in [-0.15, -0.1) is 24.0 Å². The SMILES string of the molecule is CCNC(=NCC(c1ccccc1)N1CCCC1)N(C)C.I. The molecule has 1 heterocycles. The van der Waals surface area contributed by atoms with Gasteiger partial charge in [-0.2, -0.15) is 0 Å². The Balaban J connectivity index is 0.00000242. The van der Waals surface area contributed by atoms with Gasteiger partial charge in [-0.1, -0.05) is 30.3 Å². The standard InChI is InChI=1S/C17H28N4.HI/c1-4-18-17(20(2)3)19-14-16(21-12-8-9-13-21)15-10-6-5-7-11-15;/h5-7,10-11,16H,4,8-9,12-14H2,1-3H3,(H,18,19);1H. The van der Waals surface area contributed by atoms with Gasteiger partial charge in [0.05, 0.1) is 12.6 Å². The van der Waals surface area contributed by atoms with Crippen LogP contribution >= 0.6 is 24.0 Å². The molecule has 0 bridgehead atoms. The number of likely N-dealkylation sites (tertiary alicyclic amines) is 1. The average Bonchev–Trinajstić information content (AvgIpc) is 3.01. The molecule has 0 spiro atoms. The average molecular weight is 416 g/mol. The summed E-state index contributed by atoms with van der Waals surface area (Å²) in [4.78, 5) is 9.44. The van der Waals surface area contributed by atoms with E-state index >= 15 is 0 Å². The van der Waals surface area contributed by atoms with E-state index in [-0.39, 0.29) is 24.0 Å². The summed E-state index contributed by atoms with van der Waals surface area (Å²) < 4.78 is 0. The van der Waals surface area contributed by atoms with Gasteiger partial charge < -0.3 is 10.2 Å². The van der Waals surface area contributed by atoms with Crippen LogP contribution < -0.4 is 5.32 Å². The Labute approximate surface area is 152 Å². The number of rotatable bonds is 5. The van der Waals surface area contributed by atoms with Crippen molar-refractivity contribution in [1.29, 1.82) is 0 Å². The van der Waals surface area contributed by atoms with E-state index in [1.807, 2.05) is 14.1 Å². The first-order valence-corrected chi connectivity index (χ1v) is 7.97. The quantitative estimate of drug-likeness (QED) is 0.455. The van der Waals surface area contributed by atoms with Gasteiger partial charge in [-0.25, -0.2) is 0 Å². The Morgan fingerprint density at radius 2 is 1.86 bits per heavy atom. The lowest BCUT2D eigenvalue weighted by atomic mass is 10.1. The Kier molecular flexibility index (Phi) is 8.78. The second-order valence-corrected chi connectivity index (χ2v) is 5.76. The Bertz CT molecular complexity index is 441. The summed E-state index contributed by atoms with van der Waals surface area (Å²) in [6, 6.07) is 11.2. The normalized spacial score (nSPS) is 17.0. The number of benzene rings is 1. The van der Waals surface area contributed by atoms with E-state index in [9.17, 15) is 0 Å². The molecule has 0 aromatic heterocycles. The fraction of sp³-hybridized carbons (Fsp3) is 0.588. The van der Waals surface area contributed by atoms with Crippen LogP contribution in [0.4, 0.5) is 0 Å². The summed E-state index contributed by atoms with van der Waals surface area (Å²) in [6.07, 6.45) is 2.61. The number of hydrogen-bond donors (Lipinski definition) is 1. The van der Waals surface area contributed by atoms with Crippen LogP contribution in [-0.2, 0) is 0 Å².